The van der Waals surface area contributed by atoms with Crippen LogP contribution in [0.5, 0.6) is 5.75 Å². The second kappa shape index (κ2) is 23.1. The van der Waals surface area contributed by atoms with Crippen molar-refractivity contribution in [1.82, 2.24) is 4.57 Å². The number of anilines is 3. The largest absolute Gasteiger partial charge is 0.493 e. The quantitative estimate of drug-likeness (QED) is 0.0803. The zero-order chi connectivity index (χ0) is 57.2. The molecule has 0 saturated heterocycles. The summed E-state index contributed by atoms with van der Waals surface area (Å²) >= 11 is 0. The minimum absolute atomic E-state index is 0.359. The molecule has 3 heteroatoms. The number of hydrogen-bond acceptors (Lipinski definition) is 2. The second-order valence-corrected chi connectivity index (χ2v) is 22.8. The summed E-state index contributed by atoms with van der Waals surface area (Å²) in [7, 11) is 0. The van der Waals surface area contributed by atoms with Crippen LogP contribution in [-0.4, -0.2) is 11.2 Å². The van der Waals surface area contributed by atoms with Gasteiger partial charge in [-0.05, 0) is 187 Å². The predicted octanol–water partition coefficient (Wildman–Crippen LogP) is 22.0. The molecule has 0 aliphatic heterocycles. The first-order chi connectivity index (χ1) is 41.3. The summed E-state index contributed by atoms with van der Waals surface area (Å²) in [4.78, 5) is 2.43. The van der Waals surface area contributed by atoms with E-state index in [0.29, 0.717) is 18.4 Å². The van der Waals surface area contributed by atoms with Crippen LogP contribution in [0.2, 0.25) is 0 Å². The molecule has 11 aromatic carbocycles. The lowest BCUT2D eigenvalue weighted by molar-refractivity contribution is 0.240. The zero-order valence-corrected chi connectivity index (χ0v) is 48.0. The SMILES string of the molecule is C=Cc1ccc(OCC(C)CCC(C)CC2(c3ccccc3)c3ccccc3-c3ccc(N(c4ccccc4)c4ccc(-c5ccc6c(c5)c5cc(-c7ccc(C=C)cc7)ccc5n6-c5ccc(-c6ccc(C=C)cc6)cc5)cc4)cc32)cc1. The minimum atomic E-state index is -0.359. The molecule has 0 saturated carbocycles. The highest BCUT2D eigenvalue weighted by molar-refractivity contribution is 6.11. The average molecular weight is 1090 g/mol. The van der Waals surface area contributed by atoms with E-state index in [2.05, 4.69) is 292 Å². The van der Waals surface area contributed by atoms with Gasteiger partial charge in [-0.15, -0.1) is 0 Å². The normalized spacial score (nSPS) is 14.1. The molecular weight excluding hydrogens is 1020 g/mol. The van der Waals surface area contributed by atoms with Gasteiger partial charge in [-0.25, -0.2) is 0 Å². The molecule has 0 radical (unpaired) electrons. The summed E-state index contributed by atoms with van der Waals surface area (Å²) in [5.41, 5.74) is 23.4. The average Bonchev–Trinajstić information content (AvgIpc) is 2.60. The number of ether oxygens (including phenoxy) is 1. The van der Waals surface area contributed by atoms with Crippen LogP contribution < -0.4 is 9.64 Å². The molecule has 0 fully saturated rings. The summed E-state index contributed by atoms with van der Waals surface area (Å²) in [6.45, 7) is 17.3. The predicted molar refractivity (Wildman–Crippen MR) is 358 cm³/mol. The van der Waals surface area contributed by atoms with Crippen LogP contribution in [0.1, 0.15) is 66.5 Å². The van der Waals surface area contributed by atoms with Crippen LogP contribution >= 0.6 is 0 Å². The number of aromatic nitrogens is 1. The minimum Gasteiger partial charge on any atom is -0.493 e. The topological polar surface area (TPSA) is 17.4 Å². The molecule has 0 bridgehead atoms. The summed E-state index contributed by atoms with van der Waals surface area (Å²) in [5.74, 6) is 1.74. The van der Waals surface area contributed by atoms with Crippen molar-refractivity contribution in [2.45, 2.75) is 38.5 Å². The van der Waals surface area contributed by atoms with Crippen molar-refractivity contribution in [2.24, 2.45) is 11.8 Å². The Kier molecular flexibility index (Phi) is 14.7. The first-order valence-corrected chi connectivity index (χ1v) is 29.5. The van der Waals surface area contributed by atoms with Crippen LogP contribution in [-0.2, 0) is 5.41 Å². The van der Waals surface area contributed by atoms with Gasteiger partial charge in [-0.3, -0.25) is 0 Å². The molecule has 3 atom stereocenters. The van der Waals surface area contributed by atoms with Crippen molar-refractivity contribution < 1.29 is 4.74 Å². The van der Waals surface area contributed by atoms with Crippen molar-refractivity contribution in [3.05, 3.63) is 314 Å². The van der Waals surface area contributed by atoms with E-state index in [0.717, 1.165) is 86.6 Å². The molecule has 1 aromatic heterocycles. The van der Waals surface area contributed by atoms with E-state index >= 15 is 0 Å². The molecule has 0 amide bonds. The maximum atomic E-state index is 6.29. The van der Waals surface area contributed by atoms with Gasteiger partial charge in [0.05, 0.1) is 17.6 Å². The number of para-hydroxylation sites is 1. The maximum absolute atomic E-state index is 6.29. The van der Waals surface area contributed by atoms with Gasteiger partial charge in [-0.1, -0.05) is 234 Å². The molecule has 1 aliphatic rings. The van der Waals surface area contributed by atoms with Crippen LogP contribution in [0.25, 0.3) is 90.2 Å². The van der Waals surface area contributed by atoms with Crippen LogP contribution in [0.4, 0.5) is 17.1 Å². The molecule has 13 rings (SSSR count). The fourth-order valence-electron chi connectivity index (χ4n) is 13.0. The zero-order valence-electron chi connectivity index (χ0n) is 48.0. The van der Waals surface area contributed by atoms with Gasteiger partial charge in [0.2, 0.25) is 0 Å². The van der Waals surface area contributed by atoms with E-state index in [1.807, 2.05) is 30.4 Å². The van der Waals surface area contributed by atoms with E-state index in [4.69, 9.17) is 4.74 Å². The molecular formula is C81H68N2O. The third-order valence-corrected chi connectivity index (χ3v) is 17.4. The van der Waals surface area contributed by atoms with Crippen molar-refractivity contribution in [3.63, 3.8) is 0 Å². The van der Waals surface area contributed by atoms with Crippen molar-refractivity contribution in [1.29, 1.82) is 0 Å². The second-order valence-electron chi connectivity index (χ2n) is 22.8. The molecule has 3 nitrogen and oxygen atoms in total. The number of benzene rings is 11. The molecule has 408 valence electrons. The fraction of sp³-hybridized carbons (Fsp3) is 0.111. The van der Waals surface area contributed by atoms with Gasteiger partial charge < -0.3 is 14.2 Å². The summed E-state index contributed by atoms with van der Waals surface area (Å²) < 4.78 is 8.70. The van der Waals surface area contributed by atoms with Gasteiger partial charge in [0.1, 0.15) is 5.75 Å². The number of hydrogen-bond donors (Lipinski definition) is 0. The fourth-order valence-corrected chi connectivity index (χ4v) is 13.0. The van der Waals surface area contributed by atoms with Crippen molar-refractivity contribution in [2.75, 3.05) is 11.5 Å². The van der Waals surface area contributed by atoms with Gasteiger partial charge in [0, 0.05) is 38.9 Å². The highest BCUT2D eigenvalue weighted by Gasteiger charge is 2.45. The first-order valence-electron chi connectivity index (χ1n) is 29.5. The van der Waals surface area contributed by atoms with E-state index in [1.165, 1.54) is 60.8 Å². The number of fused-ring (bicyclic) bond motifs is 6. The molecule has 1 heterocycles. The van der Waals surface area contributed by atoms with E-state index in [1.54, 1.807) is 0 Å². The summed E-state index contributed by atoms with van der Waals surface area (Å²) in [6.07, 6.45) is 8.80. The molecule has 84 heavy (non-hydrogen) atoms. The van der Waals surface area contributed by atoms with Crippen LogP contribution in [0, 0.1) is 11.8 Å². The number of rotatable bonds is 19. The molecule has 3 unspecified atom stereocenters. The first kappa shape index (κ1) is 53.4. The van der Waals surface area contributed by atoms with Gasteiger partial charge in [0.15, 0.2) is 0 Å². The maximum Gasteiger partial charge on any atom is 0.119 e. The van der Waals surface area contributed by atoms with Crippen molar-refractivity contribution >= 4 is 57.1 Å². The van der Waals surface area contributed by atoms with Gasteiger partial charge >= 0.3 is 0 Å². The Hall–Kier alpha value is -9.96. The van der Waals surface area contributed by atoms with Crippen LogP contribution in [0.3, 0.4) is 0 Å². The smallest absolute Gasteiger partial charge is 0.119 e. The van der Waals surface area contributed by atoms with Crippen LogP contribution in [0.15, 0.2) is 281 Å². The third-order valence-electron chi connectivity index (χ3n) is 17.4. The van der Waals surface area contributed by atoms with E-state index in [-0.39, 0.29) is 5.41 Å². The van der Waals surface area contributed by atoms with E-state index in [9.17, 15) is 0 Å². The monoisotopic (exact) mass is 1080 g/mol. The standard InChI is InChI=1S/C81H68N2O/c1-6-58-25-31-61(32-26-58)62-35-43-70(44-36-62)83-79-49-39-65(63-33-27-59(7-2)28-34-63)51-75(79)76-52-66(40-50-80(76)83)64-37-41-69(42-38-64)82(68-19-13-10-14-20-68)71-45-48-74-73-21-15-16-22-77(73)81(78(74)53-71,67-17-11-9-12-18-67)54-56(4)23-24-57(5)55-84-72-46-29-60(8-3)30-47-72/h6-22,25-53,56-57H,1-3,23-24,54-55H2,4-5H3. The Morgan fingerprint density at radius 3 is 1.45 bits per heavy atom. The molecule has 12 aromatic rings. The third kappa shape index (κ3) is 10.2. The Bertz CT molecular complexity index is 4330. The highest BCUT2D eigenvalue weighted by atomic mass is 16.5. The Morgan fingerprint density at radius 1 is 0.417 bits per heavy atom. The number of nitrogens with zero attached hydrogens (tertiary/aromatic N) is 2. The molecule has 0 N–H and O–H groups in total. The van der Waals surface area contributed by atoms with Gasteiger partial charge in [0.25, 0.3) is 0 Å². The van der Waals surface area contributed by atoms with Gasteiger partial charge in [-0.2, -0.15) is 0 Å². The Morgan fingerprint density at radius 2 is 0.869 bits per heavy atom. The summed E-state index contributed by atoms with van der Waals surface area (Å²) in [5, 5.41) is 2.41. The Balaban J connectivity index is 0.854. The lowest BCUT2D eigenvalue weighted by Crippen LogP contribution is -2.30. The lowest BCUT2D eigenvalue weighted by atomic mass is 9.67. The molecule has 0 spiro atoms. The Labute approximate surface area is 495 Å². The molecule has 1 aliphatic carbocycles. The van der Waals surface area contributed by atoms with Crippen molar-refractivity contribution in [3.8, 4) is 55.9 Å². The lowest BCUT2D eigenvalue weighted by Gasteiger charge is -2.36. The van der Waals surface area contributed by atoms with E-state index < -0.39 is 0 Å². The highest BCUT2D eigenvalue weighted by Crippen LogP contribution is 2.57. The summed E-state index contributed by atoms with van der Waals surface area (Å²) in [6, 6.07) is 95.9.